The molecule has 1 heterocycles. The van der Waals surface area contributed by atoms with Crippen molar-refractivity contribution in [2.24, 2.45) is 10.9 Å². The third-order valence-electron chi connectivity index (χ3n) is 4.21. The fourth-order valence-electron chi connectivity index (χ4n) is 2.76. The second-order valence-corrected chi connectivity index (χ2v) is 6.49. The Balaban J connectivity index is 1.79. The monoisotopic (exact) mass is 357 g/mol. The number of ether oxygens (including phenoxy) is 1. The van der Waals surface area contributed by atoms with Crippen LogP contribution in [0.3, 0.4) is 0 Å². The summed E-state index contributed by atoms with van der Waals surface area (Å²) in [7, 11) is 1.77. The Morgan fingerprint density at radius 3 is 2.65 bits per heavy atom. The van der Waals surface area contributed by atoms with Crippen molar-refractivity contribution >= 4 is 5.96 Å². The number of hydrogen-bond acceptors (Lipinski definition) is 3. The molecule has 26 heavy (non-hydrogen) atoms. The molecule has 0 saturated carbocycles. The van der Waals surface area contributed by atoms with Gasteiger partial charge < -0.3 is 20.4 Å². The van der Waals surface area contributed by atoms with Gasteiger partial charge in [-0.3, -0.25) is 4.99 Å². The average Bonchev–Trinajstić information content (AvgIpc) is 3.13. The van der Waals surface area contributed by atoms with Crippen LogP contribution in [0.4, 0.5) is 0 Å². The van der Waals surface area contributed by atoms with Crippen LogP contribution in [-0.2, 0) is 11.3 Å². The number of imidazole rings is 1. The lowest BCUT2D eigenvalue weighted by atomic mass is 10.0. The zero-order valence-electron chi connectivity index (χ0n) is 16.2. The molecule has 0 fully saturated rings. The van der Waals surface area contributed by atoms with E-state index in [1.807, 2.05) is 31.3 Å². The predicted octanol–water partition coefficient (Wildman–Crippen LogP) is 3.19. The molecule has 2 aromatic rings. The average molecular weight is 358 g/mol. The van der Waals surface area contributed by atoms with Gasteiger partial charge in [0.05, 0.1) is 24.5 Å². The molecule has 1 aromatic carbocycles. The SMILES string of the molecule is CCOC(CCNC(=NC)NCc1ncc(-c2ccccc2)[nH]1)C(C)C. The highest BCUT2D eigenvalue weighted by Gasteiger charge is 2.13. The fourth-order valence-corrected chi connectivity index (χ4v) is 2.76. The number of benzene rings is 1. The maximum absolute atomic E-state index is 5.78. The van der Waals surface area contributed by atoms with Crippen molar-refractivity contribution in [3.05, 3.63) is 42.4 Å². The molecule has 0 bridgehead atoms. The van der Waals surface area contributed by atoms with Crippen molar-refractivity contribution in [1.82, 2.24) is 20.6 Å². The molecule has 142 valence electrons. The molecule has 0 aliphatic heterocycles. The van der Waals surface area contributed by atoms with Crippen LogP contribution in [0, 0.1) is 5.92 Å². The van der Waals surface area contributed by atoms with Crippen LogP contribution >= 0.6 is 0 Å². The van der Waals surface area contributed by atoms with Gasteiger partial charge in [-0.1, -0.05) is 44.2 Å². The molecule has 0 amide bonds. The summed E-state index contributed by atoms with van der Waals surface area (Å²) in [5, 5.41) is 6.63. The van der Waals surface area contributed by atoms with Gasteiger partial charge in [0, 0.05) is 20.2 Å². The number of aliphatic imine (C=N–C) groups is 1. The lowest BCUT2D eigenvalue weighted by Gasteiger charge is -2.21. The van der Waals surface area contributed by atoms with Gasteiger partial charge in [-0.15, -0.1) is 0 Å². The highest BCUT2D eigenvalue weighted by atomic mass is 16.5. The molecule has 6 heteroatoms. The molecular formula is C20H31N5O. The topological polar surface area (TPSA) is 74.3 Å². The standard InChI is InChI=1S/C20H31N5O/c1-5-26-18(15(2)3)11-12-22-20(21-4)24-14-19-23-13-17(25-19)16-9-7-6-8-10-16/h6-10,13,15,18H,5,11-12,14H2,1-4H3,(H,23,25)(H2,21,22,24). The van der Waals surface area contributed by atoms with Gasteiger partial charge in [0.2, 0.25) is 0 Å². The Hall–Kier alpha value is -2.34. The fraction of sp³-hybridized carbons (Fsp3) is 0.500. The Morgan fingerprint density at radius 1 is 1.23 bits per heavy atom. The van der Waals surface area contributed by atoms with Crippen molar-refractivity contribution in [2.75, 3.05) is 20.2 Å². The van der Waals surface area contributed by atoms with Crippen LogP contribution in [0.15, 0.2) is 41.5 Å². The highest BCUT2D eigenvalue weighted by molar-refractivity contribution is 5.79. The number of nitrogens with one attached hydrogen (secondary N) is 3. The molecule has 3 N–H and O–H groups in total. The van der Waals surface area contributed by atoms with Crippen molar-refractivity contribution in [3.8, 4) is 11.3 Å². The second-order valence-electron chi connectivity index (χ2n) is 6.49. The van der Waals surface area contributed by atoms with Crippen LogP contribution in [0.5, 0.6) is 0 Å². The number of rotatable bonds is 9. The molecule has 0 saturated heterocycles. The van der Waals surface area contributed by atoms with E-state index in [-0.39, 0.29) is 6.10 Å². The zero-order valence-corrected chi connectivity index (χ0v) is 16.2. The molecule has 1 unspecified atom stereocenters. The summed E-state index contributed by atoms with van der Waals surface area (Å²) in [6.07, 6.45) is 3.08. The van der Waals surface area contributed by atoms with Gasteiger partial charge in [-0.25, -0.2) is 4.98 Å². The van der Waals surface area contributed by atoms with E-state index in [2.05, 4.69) is 51.6 Å². The lowest BCUT2D eigenvalue weighted by molar-refractivity contribution is 0.0258. The molecule has 1 aromatic heterocycles. The number of nitrogens with zero attached hydrogens (tertiary/aromatic N) is 2. The quantitative estimate of drug-likeness (QED) is 0.476. The summed E-state index contributed by atoms with van der Waals surface area (Å²) in [5.74, 6) is 2.15. The van der Waals surface area contributed by atoms with Gasteiger partial charge in [0.1, 0.15) is 5.82 Å². The van der Waals surface area contributed by atoms with E-state index < -0.39 is 0 Å². The number of aromatic amines is 1. The highest BCUT2D eigenvalue weighted by Crippen LogP contribution is 2.15. The van der Waals surface area contributed by atoms with Crippen LogP contribution in [0.1, 0.15) is 33.0 Å². The molecular weight excluding hydrogens is 326 g/mol. The minimum absolute atomic E-state index is 0.268. The van der Waals surface area contributed by atoms with Crippen LogP contribution in [0.25, 0.3) is 11.3 Å². The van der Waals surface area contributed by atoms with E-state index in [0.717, 1.165) is 42.6 Å². The minimum Gasteiger partial charge on any atom is -0.378 e. The van der Waals surface area contributed by atoms with Crippen LogP contribution in [-0.4, -0.2) is 42.2 Å². The Morgan fingerprint density at radius 2 is 2.00 bits per heavy atom. The first kappa shape index (κ1) is 20.0. The molecule has 0 spiro atoms. The summed E-state index contributed by atoms with van der Waals surface area (Å²) in [6, 6.07) is 10.2. The molecule has 0 aliphatic rings. The molecule has 0 aliphatic carbocycles. The van der Waals surface area contributed by atoms with E-state index in [4.69, 9.17) is 4.74 Å². The van der Waals surface area contributed by atoms with E-state index in [0.29, 0.717) is 12.5 Å². The molecule has 0 radical (unpaired) electrons. The van der Waals surface area contributed by atoms with Crippen molar-refractivity contribution in [2.45, 2.75) is 39.8 Å². The third-order valence-corrected chi connectivity index (χ3v) is 4.21. The van der Waals surface area contributed by atoms with Gasteiger partial charge in [-0.2, -0.15) is 0 Å². The summed E-state index contributed by atoms with van der Waals surface area (Å²) in [4.78, 5) is 12.0. The minimum atomic E-state index is 0.268. The Kier molecular flexibility index (Phi) is 8.15. The normalized spacial score (nSPS) is 13.0. The predicted molar refractivity (Wildman–Crippen MR) is 107 cm³/mol. The van der Waals surface area contributed by atoms with Crippen molar-refractivity contribution in [1.29, 1.82) is 0 Å². The lowest BCUT2D eigenvalue weighted by Crippen LogP contribution is -2.39. The van der Waals surface area contributed by atoms with Crippen LogP contribution in [0.2, 0.25) is 0 Å². The number of aromatic nitrogens is 2. The summed E-state index contributed by atoms with van der Waals surface area (Å²) < 4.78 is 5.78. The first-order chi connectivity index (χ1) is 12.6. The first-order valence-corrected chi connectivity index (χ1v) is 9.29. The van der Waals surface area contributed by atoms with Crippen LogP contribution < -0.4 is 10.6 Å². The summed E-state index contributed by atoms with van der Waals surface area (Å²) in [5.41, 5.74) is 2.14. The number of guanidine groups is 1. The summed E-state index contributed by atoms with van der Waals surface area (Å²) >= 11 is 0. The largest absolute Gasteiger partial charge is 0.378 e. The number of H-pyrrole nitrogens is 1. The number of hydrogen-bond donors (Lipinski definition) is 3. The smallest absolute Gasteiger partial charge is 0.191 e. The molecule has 1 atom stereocenters. The van der Waals surface area contributed by atoms with E-state index in [1.54, 1.807) is 7.05 Å². The molecule has 6 nitrogen and oxygen atoms in total. The van der Waals surface area contributed by atoms with Crippen molar-refractivity contribution in [3.63, 3.8) is 0 Å². The zero-order chi connectivity index (χ0) is 18.8. The van der Waals surface area contributed by atoms with Gasteiger partial charge in [0.25, 0.3) is 0 Å². The maximum Gasteiger partial charge on any atom is 0.191 e. The second kappa shape index (κ2) is 10.6. The van der Waals surface area contributed by atoms with Gasteiger partial charge >= 0.3 is 0 Å². The summed E-state index contributed by atoms with van der Waals surface area (Å²) in [6.45, 7) is 8.57. The third kappa shape index (κ3) is 6.19. The maximum atomic E-state index is 5.78. The van der Waals surface area contributed by atoms with E-state index >= 15 is 0 Å². The van der Waals surface area contributed by atoms with Gasteiger partial charge in [0.15, 0.2) is 5.96 Å². The Bertz CT molecular complexity index is 666. The first-order valence-electron chi connectivity index (χ1n) is 9.29. The van der Waals surface area contributed by atoms with E-state index in [9.17, 15) is 0 Å². The van der Waals surface area contributed by atoms with E-state index in [1.165, 1.54) is 0 Å². The van der Waals surface area contributed by atoms with Gasteiger partial charge in [-0.05, 0) is 24.8 Å². The molecule has 2 rings (SSSR count). The van der Waals surface area contributed by atoms with Crippen molar-refractivity contribution < 1.29 is 4.74 Å². The Labute approximate surface area is 156 Å².